The van der Waals surface area contributed by atoms with Gasteiger partial charge >= 0.3 is 5.97 Å². The fraction of sp³-hybridized carbons (Fsp3) is 0.475. The summed E-state index contributed by atoms with van der Waals surface area (Å²) in [5.41, 5.74) is 24.1. The molecule has 0 aliphatic rings. The van der Waals surface area contributed by atoms with Gasteiger partial charge in [0.1, 0.15) is 54.4 Å². The summed E-state index contributed by atoms with van der Waals surface area (Å²) in [5.74, 6) is -14.9. The number of carboxylic acid groups (broad SMARTS) is 1. The number of thioether (sulfide) groups is 1. The van der Waals surface area contributed by atoms with E-state index in [1.807, 2.05) is 0 Å². The average Bonchev–Trinajstić information content (AvgIpc) is 1.76. The van der Waals surface area contributed by atoms with E-state index in [0.717, 1.165) is 20.8 Å². The molecule has 2 heterocycles. The second-order valence-corrected chi connectivity index (χ2v) is 23.2. The van der Waals surface area contributed by atoms with Gasteiger partial charge in [0.05, 0.1) is 37.6 Å². The second kappa shape index (κ2) is 38.2. The van der Waals surface area contributed by atoms with Gasteiger partial charge in [-0.15, -0.1) is 0 Å². The molecule has 0 aliphatic heterocycles. The highest BCUT2D eigenvalue weighted by molar-refractivity contribution is 7.98. The molecule has 0 saturated heterocycles. The number of nitrogens with two attached hydrogens (primary N) is 4. The Morgan fingerprint density at radius 1 is 0.516 bits per heavy atom. The van der Waals surface area contributed by atoms with Gasteiger partial charge in [0, 0.05) is 61.1 Å². The Labute approximate surface area is 548 Å². The lowest BCUT2D eigenvalue weighted by Crippen LogP contribution is -2.62. The van der Waals surface area contributed by atoms with Crippen LogP contribution >= 0.6 is 11.8 Å². The SMILES string of the molecule is CSCC[C@H](N)C(=O)N[C@@H](CCC(N)=O)C(=O)N[C@@H](Cc1c[nH]c2ccccc12)C(=O)N[C@@H](CC(N)=O)C(=O)N[C@@H](CO)C(=O)N[C@H](C(=O)N[C@@H](C)C(=O)N[C@@H](Cc1ccccc1)C(=O)N[C@@H](Cc1cnc[nH]1)C(=O)N[C@@H](CCC(N)=O)C(=O)N[C@H](C(=O)O)[C@@H](C)O)[C@@H](C)O. The fourth-order valence-corrected chi connectivity index (χ4v) is 9.80. The van der Waals surface area contributed by atoms with Crippen LogP contribution in [0.25, 0.3) is 10.9 Å². The minimum Gasteiger partial charge on any atom is -0.480 e. The number of carbonyl (C=O) groups excluding carboxylic acids is 13. The fourth-order valence-electron chi connectivity index (χ4n) is 9.31. The van der Waals surface area contributed by atoms with Gasteiger partial charge in [0.2, 0.25) is 76.8 Å². The summed E-state index contributed by atoms with van der Waals surface area (Å²) in [6, 6.07) is -3.27. The number of carbonyl (C=O) groups is 14. The summed E-state index contributed by atoms with van der Waals surface area (Å²) in [6.07, 6.45) is -0.693. The van der Waals surface area contributed by atoms with Crippen molar-refractivity contribution in [3.05, 3.63) is 90.1 Å². The first-order valence-corrected chi connectivity index (χ1v) is 31.2. The first-order valence-electron chi connectivity index (χ1n) is 29.8. The number of rotatable bonds is 41. The van der Waals surface area contributed by atoms with Crippen molar-refractivity contribution in [3.63, 3.8) is 0 Å². The minimum absolute atomic E-state index is 0.225. The Morgan fingerprint density at radius 2 is 0.989 bits per heavy atom. The number of hydrogen-bond donors (Lipinski definition) is 20. The lowest BCUT2D eigenvalue weighted by molar-refractivity contribution is -0.145. The number of nitrogens with one attached hydrogen (secondary N) is 12. The Bertz CT molecular complexity index is 3340. The Hall–Kier alpha value is -10.0. The van der Waals surface area contributed by atoms with Crippen LogP contribution in [0, 0.1) is 0 Å². The average molecular weight is 1350 g/mol. The zero-order chi connectivity index (χ0) is 70.6. The van der Waals surface area contributed by atoms with Gasteiger partial charge in [-0.3, -0.25) is 62.3 Å². The molecule has 0 unspecified atom stereocenters. The van der Waals surface area contributed by atoms with Crippen molar-refractivity contribution in [3.8, 4) is 0 Å². The van der Waals surface area contributed by atoms with Gasteiger partial charge in [0.25, 0.3) is 0 Å². The molecule has 2 aromatic carbocycles. The van der Waals surface area contributed by atoms with Crippen LogP contribution in [0.15, 0.2) is 73.3 Å². The van der Waals surface area contributed by atoms with E-state index in [0.29, 0.717) is 27.8 Å². The van der Waals surface area contributed by atoms with Gasteiger partial charge in [-0.25, -0.2) is 9.78 Å². The van der Waals surface area contributed by atoms with Crippen LogP contribution in [0.1, 0.15) is 76.1 Å². The predicted molar refractivity (Wildman–Crippen MR) is 339 cm³/mol. The topological polar surface area (TPSA) is 589 Å². The van der Waals surface area contributed by atoms with Crippen LogP contribution in [-0.4, -0.2) is 215 Å². The van der Waals surface area contributed by atoms with Crippen LogP contribution in [-0.2, 0) is 86.4 Å². The van der Waals surface area contributed by atoms with E-state index >= 15 is 0 Å². The van der Waals surface area contributed by atoms with Crippen molar-refractivity contribution in [2.75, 3.05) is 18.6 Å². The number of benzene rings is 2. The summed E-state index contributed by atoms with van der Waals surface area (Å²) in [6.45, 7) is 2.10. The molecule has 13 atom stereocenters. The molecule has 0 radical (unpaired) electrons. The number of nitrogens with zero attached hydrogens (tertiary/aromatic N) is 1. The maximum atomic E-state index is 14.4. The highest BCUT2D eigenvalue weighted by Gasteiger charge is 2.38. The molecule has 95 heavy (non-hydrogen) atoms. The molecule has 4 rings (SSSR count). The Kier molecular flexibility index (Phi) is 31.1. The Morgan fingerprint density at radius 3 is 1.53 bits per heavy atom. The van der Waals surface area contributed by atoms with E-state index in [1.54, 1.807) is 67.0 Å². The van der Waals surface area contributed by atoms with Crippen LogP contribution in [0.2, 0.25) is 0 Å². The summed E-state index contributed by atoms with van der Waals surface area (Å²) < 4.78 is 0. The third-order valence-electron chi connectivity index (χ3n) is 14.6. The number of imidazole rings is 1. The van der Waals surface area contributed by atoms with E-state index in [4.69, 9.17) is 22.9 Å². The number of aliphatic hydroxyl groups is 3. The molecule has 24 N–H and O–H groups in total. The molecule has 0 spiro atoms. The van der Waals surface area contributed by atoms with Gasteiger partial charge in [-0.05, 0) is 69.2 Å². The molecule has 0 saturated carbocycles. The lowest BCUT2D eigenvalue weighted by atomic mass is 10.0. The van der Waals surface area contributed by atoms with Crippen LogP contribution in [0.4, 0.5) is 0 Å². The monoisotopic (exact) mass is 1350 g/mol. The molecule has 13 amide bonds. The number of fused-ring (bicyclic) bond motifs is 1. The summed E-state index contributed by atoms with van der Waals surface area (Å²) in [4.78, 5) is 197. The molecule has 4 aromatic rings. The van der Waals surface area contributed by atoms with E-state index in [-0.39, 0.29) is 44.2 Å². The van der Waals surface area contributed by atoms with Gasteiger partial charge in [-0.1, -0.05) is 48.5 Å². The van der Waals surface area contributed by atoms with E-state index < -0.39 is 187 Å². The molecule has 0 fully saturated rings. The van der Waals surface area contributed by atoms with Gasteiger partial charge in [-0.2, -0.15) is 11.8 Å². The van der Waals surface area contributed by atoms with E-state index in [1.165, 1.54) is 24.3 Å². The molecule has 35 nitrogen and oxygen atoms in total. The number of aromatic amines is 2. The minimum atomic E-state index is -2.00. The molecular weight excluding hydrogens is 1270 g/mol. The van der Waals surface area contributed by atoms with Crippen LogP contribution in [0.3, 0.4) is 0 Å². The normalized spacial score (nSPS) is 15.2. The number of amides is 13. The van der Waals surface area contributed by atoms with Crippen LogP contribution < -0.4 is 76.1 Å². The highest BCUT2D eigenvalue weighted by Crippen LogP contribution is 2.20. The van der Waals surface area contributed by atoms with Crippen molar-refractivity contribution in [2.24, 2.45) is 22.9 Å². The first-order chi connectivity index (χ1) is 44.9. The van der Waals surface area contributed by atoms with E-state index in [2.05, 4.69) is 68.1 Å². The van der Waals surface area contributed by atoms with Crippen LogP contribution in [0.5, 0.6) is 0 Å². The van der Waals surface area contributed by atoms with Gasteiger partial charge < -0.3 is 106 Å². The maximum Gasteiger partial charge on any atom is 0.328 e. The number of H-pyrrole nitrogens is 2. The van der Waals surface area contributed by atoms with Crippen molar-refractivity contribution in [2.45, 2.75) is 157 Å². The second-order valence-electron chi connectivity index (χ2n) is 22.2. The molecule has 0 bridgehead atoms. The highest BCUT2D eigenvalue weighted by atomic mass is 32.2. The number of aromatic nitrogens is 3. The Balaban J connectivity index is 1.54. The summed E-state index contributed by atoms with van der Waals surface area (Å²) in [5, 5.41) is 64.9. The predicted octanol–water partition coefficient (Wildman–Crippen LogP) is -6.89. The van der Waals surface area contributed by atoms with Crippen molar-refractivity contribution < 1.29 is 87.5 Å². The zero-order valence-corrected chi connectivity index (χ0v) is 53.2. The molecular formula is C59H83N17O18S. The summed E-state index contributed by atoms with van der Waals surface area (Å²) in [7, 11) is 0. The van der Waals surface area contributed by atoms with E-state index in [9.17, 15) is 87.5 Å². The van der Waals surface area contributed by atoms with Crippen molar-refractivity contribution in [1.82, 2.24) is 68.1 Å². The lowest BCUT2D eigenvalue weighted by Gasteiger charge is -2.28. The number of hydrogen-bond acceptors (Lipinski definition) is 20. The standard InChI is InChI=1S/C59H83N17O18S/c1-28(49(83)70-39(20-31-10-6-5-7-11-31)53(87)72-41(22-33-25-64-27-66-33)55(89)69-38(15-17-45(62)81)52(86)76-48(30(3)79)59(93)94)67-58(92)47(29(2)78)75-57(91)43(26-77)74-56(90)42(23-46(63)82)73-54(88)40(21-32-24-65-36-13-9-8-12-34(32)36)71-51(85)37(14-16-44(61)80)68-50(84)35(60)18-19-95-4/h5-13,24-25,27-30,35,37-43,47-48,65,77-79H,14-23,26,60H2,1-4H3,(H2,61,80)(H2,62,81)(H2,63,82)(H,64,66)(H,67,92)(H,68,84)(H,69,89)(H,70,83)(H,71,85)(H,72,87)(H,73,88)(H,74,90)(H,75,91)(H,76,86)(H,93,94)/t28-,29+,30+,35-,37-,38-,39-,40-,41-,42-,43-,47-,48-/m0/s1. The number of carboxylic acids is 1. The first kappa shape index (κ1) is 77.4. The molecule has 0 aliphatic carbocycles. The maximum absolute atomic E-state index is 14.4. The number of aliphatic carboxylic acids is 1. The number of aliphatic hydroxyl groups excluding tert-OH is 3. The third kappa shape index (κ3) is 25.4. The number of para-hydroxylation sites is 1. The summed E-state index contributed by atoms with van der Waals surface area (Å²) >= 11 is 1.42. The van der Waals surface area contributed by atoms with Crippen molar-refractivity contribution >= 4 is 105 Å². The third-order valence-corrected chi connectivity index (χ3v) is 15.2. The smallest absolute Gasteiger partial charge is 0.328 e. The quantitative estimate of drug-likeness (QED) is 0.0196. The zero-order valence-electron chi connectivity index (χ0n) is 52.4. The van der Waals surface area contributed by atoms with Crippen molar-refractivity contribution in [1.29, 1.82) is 0 Å². The molecule has 2 aromatic heterocycles. The number of primary amides is 3. The molecule has 518 valence electrons. The van der Waals surface area contributed by atoms with Gasteiger partial charge in [0.15, 0.2) is 6.04 Å². The molecule has 36 heteroatoms. The largest absolute Gasteiger partial charge is 0.480 e.